The van der Waals surface area contributed by atoms with Gasteiger partial charge in [0.05, 0.1) is 26.9 Å². The summed E-state index contributed by atoms with van der Waals surface area (Å²) < 4.78 is 63.6. The predicted octanol–water partition coefficient (Wildman–Crippen LogP) is 7.97. The molecule has 0 saturated heterocycles. The third kappa shape index (κ3) is 14.3. The number of halogens is 2. The smallest absolute Gasteiger partial charge is 0.324 e. The number of ketones is 1. The summed E-state index contributed by atoms with van der Waals surface area (Å²) in [5.41, 5.74) is -0.164. The average Bonchev–Trinajstić information content (AvgIpc) is 2.95. The van der Waals surface area contributed by atoms with Crippen molar-refractivity contribution in [3.63, 3.8) is 0 Å². The molecule has 2 N–H and O–H groups in total. The third-order valence-corrected chi connectivity index (χ3v) is 9.71. The molecule has 8 nitrogen and oxygen atoms in total. The summed E-state index contributed by atoms with van der Waals surface area (Å²) >= 11 is 6.14. The van der Waals surface area contributed by atoms with Gasteiger partial charge in [-0.25, -0.2) is 13.1 Å². The molecule has 0 spiro atoms. The minimum absolute atomic E-state index is 0.000999. The van der Waals surface area contributed by atoms with Gasteiger partial charge in [-0.2, -0.15) is 8.42 Å². The summed E-state index contributed by atoms with van der Waals surface area (Å²) in [6.45, 7) is 2.52. The Morgan fingerprint density at radius 1 is 0.744 bits per heavy atom. The SMILES string of the molecule is CCCCCCCCCCCCCCCCNS(=O)(=O)c1ccc(Cl)c(NC(=O)CC(=O)c2cccc(S(=O)(=O)F)c2)c1. The van der Waals surface area contributed by atoms with Gasteiger partial charge in [0.25, 0.3) is 0 Å². The Labute approximate surface area is 261 Å². The Morgan fingerprint density at radius 2 is 1.30 bits per heavy atom. The second kappa shape index (κ2) is 19.1. The number of sulfonamides is 1. The fourth-order valence-electron chi connectivity index (χ4n) is 4.64. The molecule has 12 heteroatoms. The van der Waals surface area contributed by atoms with E-state index in [2.05, 4.69) is 17.0 Å². The maximum absolute atomic E-state index is 13.2. The molecule has 0 aliphatic carbocycles. The van der Waals surface area contributed by atoms with E-state index < -0.39 is 43.3 Å². The van der Waals surface area contributed by atoms with Crippen molar-refractivity contribution >= 4 is 49.2 Å². The van der Waals surface area contributed by atoms with Gasteiger partial charge in [-0.15, -0.1) is 3.89 Å². The lowest BCUT2D eigenvalue weighted by Gasteiger charge is -2.11. The van der Waals surface area contributed by atoms with E-state index in [4.69, 9.17) is 11.6 Å². The van der Waals surface area contributed by atoms with Crippen molar-refractivity contribution in [3.05, 3.63) is 53.1 Å². The second-order valence-electron chi connectivity index (χ2n) is 10.7. The zero-order chi connectivity index (χ0) is 31.7. The minimum atomic E-state index is -5.01. The number of Topliss-reactive ketones (excluding diaryl/α,β-unsaturated/α-hetero) is 1. The summed E-state index contributed by atoms with van der Waals surface area (Å²) in [5, 5.41) is 2.48. The standard InChI is InChI=1S/C31H44ClFN2O6S2/c1-2-3-4-5-6-7-8-9-10-11-12-13-14-15-21-34-43(40,41)27-19-20-28(32)29(23-27)35-31(37)24-30(36)25-17-16-18-26(22-25)42(33,38)39/h16-20,22-23,34H,2-15,21,24H2,1H3,(H,35,37). The van der Waals surface area contributed by atoms with Crippen LogP contribution in [0.25, 0.3) is 0 Å². The zero-order valence-corrected chi connectivity index (χ0v) is 27.3. The highest BCUT2D eigenvalue weighted by atomic mass is 35.5. The summed E-state index contributed by atoms with van der Waals surface area (Å²) in [6.07, 6.45) is 16.2. The molecular weight excluding hydrogens is 615 g/mol. The van der Waals surface area contributed by atoms with Gasteiger partial charge in [0, 0.05) is 12.1 Å². The molecule has 0 heterocycles. The number of unbranched alkanes of at least 4 members (excludes halogenated alkanes) is 13. The molecule has 1 amide bonds. The van der Waals surface area contributed by atoms with E-state index in [0.717, 1.165) is 31.4 Å². The van der Waals surface area contributed by atoms with Gasteiger partial charge in [-0.1, -0.05) is 114 Å². The lowest BCUT2D eigenvalue weighted by Crippen LogP contribution is -2.25. The number of rotatable bonds is 22. The third-order valence-electron chi connectivity index (χ3n) is 7.10. The maximum Gasteiger partial charge on any atom is 0.332 e. The Bertz CT molecular complexity index is 1400. The average molecular weight is 659 g/mol. The van der Waals surface area contributed by atoms with Gasteiger partial charge in [0.2, 0.25) is 15.9 Å². The molecule has 0 aromatic heterocycles. The highest BCUT2D eigenvalue weighted by molar-refractivity contribution is 7.89. The largest absolute Gasteiger partial charge is 0.332 e. The maximum atomic E-state index is 13.2. The number of anilines is 1. The van der Waals surface area contributed by atoms with Gasteiger partial charge < -0.3 is 5.32 Å². The van der Waals surface area contributed by atoms with Crippen LogP contribution in [0, 0.1) is 0 Å². The van der Waals surface area contributed by atoms with Crippen LogP contribution in [0.3, 0.4) is 0 Å². The van der Waals surface area contributed by atoms with Crippen LogP contribution in [0.15, 0.2) is 52.3 Å². The molecule has 0 fully saturated rings. The minimum Gasteiger partial charge on any atom is -0.324 e. The van der Waals surface area contributed by atoms with Crippen molar-refractivity contribution in [2.45, 2.75) is 113 Å². The molecule has 0 saturated carbocycles. The zero-order valence-electron chi connectivity index (χ0n) is 24.9. The summed E-state index contributed by atoms with van der Waals surface area (Å²) in [6, 6.07) is 8.13. The van der Waals surface area contributed by atoms with E-state index in [1.54, 1.807) is 0 Å². The number of nitrogens with one attached hydrogen (secondary N) is 2. The van der Waals surface area contributed by atoms with Crippen molar-refractivity contribution in [2.75, 3.05) is 11.9 Å². The van der Waals surface area contributed by atoms with Gasteiger partial charge in [0.15, 0.2) is 5.78 Å². The van der Waals surface area contributed by atoms with E-state index in [1.165, 1.54) is 94.5 Å². The van der Waals surface area contributed by atoms with E-state index in [9.17, 15) is 30.3 Å². The quantitative estimate of drug-likeness (QED) is 0.0572. The number of hydrogen-bond donors (Lipinski definition) is 2. The Balaban J connectivity index is 1.73. The van der Waals surface area contributed by atoms with Crippen LogP contribution in [0.5, 0.6) is 0 Å². The van der Waals surface area contributed by atoms with Crippen LogP contribution in [0.1, 0.15) is 114 Å². The second-order valence-corrected chi connectivity index (χ2v) is 14.3. The summed E-state index contributed by atoms with van der Waals surface area (Å²) in [5.74, 6) is -1.55. The first kappa shape index (κ1) is 36.8. The summed E-state index contributed by atoms with van der Waals surface area (Å²) in [4.78, 5) is 24.1. The van der Waals surface area contributed by atoms with Crippen molar-refractivity contribution < 1.29 is 30.3 Å². The van der Waals surface area contributed by atoms with Gasteiger partial charge in [-0.05, 0) is 36.8 Å². The van der Waals surface area contributed by atoms with Crippen molar-refractivity contribution in [2.24, 2.45) is 0 Å². The predicted molar refractivity (Wildman–Crippen MR) is 169 cm³/mol. The monoisotopic (exact) mass is 658 g/mol. The van der Waals surface area contributed by atoms with Gasteiger partial charge in [-0.3, -0.25) is 9.59 Å². The van der Waals surface area contributed by atoms with Crippen LogP contribution < -0.4 is 10.0 Å². The molecule has 0 radical (unpaired) electrons. The molecule has 43 heavy (non-hydrogen) atoms. The number of benzene rings is 2. The first-order valence-electron chi connectivity index (χ1n) is 15.1. The lowest BCUT2D eigenvalue weighted by atomic mass is 10.0. The molecule has 2 rings (SSSR count). The molecule has 2 aromatic rings. The lowest BCUT2D eigenvalue weighted by molar-refractivity contribution is -0.115. The molecule has 0 bridgehead atoms. The molecule has 0 aliphatic heterocycles. The highest BCUT2D eigenvalue weighted by Gasteiger charge is 2.19. The Kier molecular flexibility index (Phi) is 16.4. The van der Waals surface area contributed by atoms with E-state index >= 15 is 0 Å². The van der Waals surface area contributed by atoms with Crippen LogP contribution >= 0.6 is 11.6 Å². The Morgan fingerprint density at radius 3 is 1.86 bits per heavy atom. The van der Waals surface area contributed by atoms with Crippen molar-refractivity contribution in [1.82, 2.24) is 4.72 Å². The Hall–Kier alpha value is -2.34. The molecule has 0 unspecified atom stereocenters. The van der Waals surface area contributed by atoms with E-state index in [0.29, 0.717) is 6.42 Å². The van der Waals surface area contributed by atoms with E-state index in [1.807, 2.05) is 0 Å². The van der Waals surface area contributed by atoms with Crippen LogP contribution in [-0.2, 0) is 25.0 Å². The van der Waals surface area contributed by atoms with Crippen molar-refractivity contribution in [3.8, 4) is 0 Å². The number of hydrogen-bond acceptors (Lipinski definition) is 6. The molecular formula is C31H44ClFN2O6S2. The normalized spacial score (nSPS) is 11.9. The number of carbonyl (C=O) groups excluding carboxylic acids is 2. The fourth-order valence-corrected chi connectivity index (χ4v) is 6.41. The summed E-state index contributed by atoms with van der Waals surface area (Å²) in [7, 11) is -8.87. The first-order valence-corrected chi connectivity index (χ1v) is 18.4. The van der Waals surface area contributed by atoms with Crippen molar-refractivity contribution in [1.29, 1.82) is 0 Å². The topological polar surface area (TPSA) is 126 Å². The number of amides is 1. The molecule has 0 aliphatic rings. The van der Waals surface area contributed by atoms with Gasteiger partial charge in [0.1, 0.15) is 0 Å². The molecule has 0 atom stereocenters. The molecule has 2 aromatic carbocycles. The van der Waals surface area contributed by atoms with Gasteiger partial charge >= 0.3 is 10.2 Å². The van der Waals surface area contributed by atoms with Crippen LogP contribution in [-0.4, -0.2) is 35.1 Å². The number of carbonyl (C=O) groups is 2. The first-order chi connectivity index (χ1) is 20.4. The molecule has 240 valence electrons. The highest BCUT2D eigenvalue weighted by Crippen LogP contribution is 2.26. The fraction of sp³-hybridized carbons (Fsp3) is 0.548. The van der Waals surface area contributed by atoms with Crippen LogP contribution in [0.4, 0.5) is 9.57 Å². The van der Waals surface area contributed by atoms with Crippen LogP contribution in [0.2, 0.25) is 5.02 Å². The van der Waals surface area contributed by atoms with E-state index in [-0.39, 0.29) is 27.7 Å².